The van der Waals surface area contributed by atoms with E-state index in [0.717, 1.165) is 11.9 Å². The lowest BCUT2D eigenvalue weighted by atomic mass is 10.3. The molecule has 0 saturated heterocycles. The monoisotopic (exact) mass is 263 g/mol. The van der Waals surface area contributed by atoms with Crippen LogP contribution < -0.4 is 10.6 Å². The van der Waals surface area contributed by atoms with Gasteiger partial charge in [0.15, 0.2) is 0 Å². The van der Waals surface area contributed by atoms with Crippen molar-refractivity contribution in [2.24, 2.45) is 7.05 Å². The van der Waals surface area contributed by atoms with Gasteiger partial charge in [0, 0.05) is 31.9 Å². The van der Waals surface area contributed by atoms with Crippen molar-refractivity contribution in [3.05, 3.63) is 42.1 Å². The molecule has 7 heteroatoms. The number of rotatable bonds is 4. The van der Waals surface area contributed by atoms with Crippen LogP contribution in [0.25, 0.3) is 0 Å². The molecule has 0 aliphatic rings. The van der Waals surface area contributed by atoms with Gasteiger partial charge in [-0.1, -0.05) is 0 Å². The molecule has 2 heterocycles. The molecule has 2 aromatic heterocycles. The number of nitrogens with one attached hydrogen (secondary N) is 2. The zero-order valence-corrected chi connectivity index (χ0v) is 10.4. The molecule has 0 saturated carbocycles. The maximum Gasteiger partial charge on any atom is 0.320 e. The van der Waals surface area contributed by atoms with Gasteiger partial charge in [-0.05, 0) is 18.2 Å². The molecule has 0 aliphatic heterocycles. The Bertz CT molecular complexity index is 552. The Kier molecular flexibility index (Phi) is 4.07. The van der Waals surface area contributed by atoms with E-state index in [4.69, 9.17) is 0 Å². The lowest BCUT2D eigenvalue weighted by molar-refractivity contribution is 0.252. The molecule has 0 atom stereocenters. The smallest absolute Gasteiger partial charge is 0.320 e. The highest BCUT2D eigenvalue weighted by Crippen LogP contribution is 2.03. The van der Waals surface area contributed by atoms with Crippen LogP contribution in [0.5, 0.6) is 0 Å². The third-order valence-electron chi connectivity index (χ3n) is 2.56. The summed E-state index contributed by atoms with van der Waals surface area (Å²) in [5.41, 5.74) is 1.03. The second-order valence-electron chi connectivity index (χ2n) is 3.94. The first-order chi connectivity index (χ1) is 9.15. The second kappa shape index (κ2) is 5.94. The minimum absolute atomic E-state index is 0.305. The number of pyridine rings is 1. The van der Waals surface area contributed by atoms with E-state index >= 15 is 0 Å². The average molecular weight is 263 g/mol. The predicted octanol–water partition coefficient (Wildman–Crippen LogP) is 1.32. The quantitative estimate of drug-likeness (QED) is 0.873. The summed E-state index contributed by atoms with van der Waals surface area (Å²) >= 11 is 0. The van der Waals surface area contributed by atoms with E-state index in [9.17, 15) is 9.18 Å². The number of amides is 2. The molecular formula is C12H14FN5O. The Hall–Kier alpha value is -2.44. The average Bonchev–Trinajstić information content (AvgIpc) is 2.78. The number of halogens is 1. The molecule has 2 aromatic rings. The van der Waals surface area contributed by atoms with Crippen molar-refractivity contribution in [1.82, 2.24) is 20.1 Å². The van der Waals surface area contributed by atoms with Crippen molar-refractivity contribution in [3.63, 3.8) is 0 Å². The lowest BCUT2D eigenvalue weighted by Crippen LogP contribution is -2.31. The van der Waals surface area contributed by atoms with Gasteiger partial charge in [0.1, 0.15) is 11.6 Å². The van der Waals surface area contributed by atoms with Gasteiger partial charge in [-0.25, -0.2) is 14.2 Å². The van der Waals surface area contributed by atoms with E-state index in [2.05, 4.69) is 20.7 Å². The number of carbonyl (C=O) groups excluding carboxylic acids is 1. The fourth-order valence-electron chi connectivity index (χ4n) is 1.56. The normalized spacial score (nSPS) is 10.2. The van der Waals surface area contributed by atoms with Crippen LogP contribution in [-0.4, -0.2) is 27.3 Å². The van der Waals surface area contributed by atoms with Gasteiger partial charge < -0.3 is 5.32 Å². The summed E-state index contributed by atoms with van der Waals surface area (Å²) in [6.45, 7) is 0.479. The second-order valence-corrected chi connectivity index (χ2v) is 3.94. The van der Waals surface area contributed by atoms with E-state index in [1.165, 1.54) is 12.1 Å². The highest BCUT2D eigenvalue weighted by atomic mass is 19.1. The summed E-state index contributed by atoms with van der Waals surface area (Å²) in [5.74, 6) is -0.137. The van der Waals surface area contributed by atoms with Crippen molar-refractivity contribution in [2.75, 3.05) is 11.9 Å². The zero-order valence-electron chi connectivity index (χ0n) is 10.4. The Morgan fingerprint density at radius 1 is 1.42 bits per heavy atom. The molecule has 0 spiro atoms. The van der Waals surface area contributed by atoms with E-state index < -0.39 is 5.82 Å². The van der Waals surface area contributed by atoms with Crippen LogP contribution in [0.2, 0.25) is 0 Å². The first kappa shape index (κ1) is 13.0. The summed E-state index contributed by atoms with van der Waals surface area (Å²) in [4.78, 5) is 15.3. The highest BCUT2D eigenvalue weighted by Gasteiger charge is 2.03. The van der Waals surface area contributed by atoms with E-state index in [0.29, 0.717) is 18.8 Å². The predicted molar refractivity (Wildman–Crippen MR) is 68.1 cm³/mol. The molecule has 2 N–H and O–H groups in total. The third-order valence-corrected chi connectivity index (χ3v) is 2.56. The van der Waals surface area contributed by atoms with E-state index in [-0.39, 0.29) is 6.03 Å². The number of urea groups is 1. The van der Waals surface area contributed by atoms with Crippen molar-refractivity contribution in [2.45, 2.75) is 6.42 Å². The molecule has 100 valence electrons. The summed E-state index contributed by atoms with van der Waals surface area (Å²) < 4.78 is 14.4. The van der Waals surface area contributed by atoms with Gasteiger partial charge in [-0.15, -0.1) is 0 Å². The van der Waals surface area contributed by atoms with E-state index in [1.807, 2.05) is 13.1 Å². The van der Waals surface area contributed by atoms with Crippen LogP contribution in [0, 0.1) is 5.82 Å². The zero-order chi connectivity index (χ0) is 13.7. The van der Waals surface area contributed by atoms with Crippen molar-refractivity contribution < 1.29 is 9.18 Å². The maximum atomic E-state index is 12.6. The molecular weight excluding hydrogens is 249 g/mol. The highest BCUT2D eigenvalue weighted by molar-refractivity contribution is 5.88. The molecule has 2 amide bonds. The first-order valence-electron chi connectivity index (χ1n) is 5.78. The standard InChI is InChI=1S/C12H14FN5O/c1-18-10(5-7-16-18)4-6-14-12(19)17-11-3-2-9(13)8-15-11/h2-3,5,7-8H,4,6H2,1H3,(H2,14,15,17,19). The Labute approximate surface area is 109 Å². The number of hydrogen-bond acceptors (Lipinski definition) is 3. The van der Waals surface area contributed by atoms with Crippen LogP contribution >= 0.6 is 0 Å². The fourth-order valence-corrected chi connectivity index (χ4v) is 1.56. The van der Waals surface area contributed by atoms with Gasteiger partial charge in [-0.3, -0.25) is 10.00 Å². The number of carbonyl (C=O) groups is 1. The minimum atomic E-state index is -0.442. The Morgan fingerprint density at radius 2 is 2.26 bits per heavy atom. The number of aryl methyl sites for hydroxylation is 1. The lowest BCUT2D eigenvalue weighted by Gasteiger charge is -2.07. The van der Waals surface area contributed by atoms with Crippen LogP contribution in [0.3, 0.4) is 0 Å². The van der Waals surface area contributed by atoms with Crippen molar-refractivity contribution in [3.8, 4) is 0 Å². The number of aromatic nitrogens is 3. The van der Waals surface area contributed by atoms with E-state index in [1.54, 1.807) is 10.9 Å². The molecule has 0 fully saturated rings. The maximum absolute atomic E-state index is 12.6. The van der Waals surface area contributed by atoms with Gasteiger partial charge in [-0.2, -0.15) is 5.10 Å². The molecule has 0 radical (unpaired) electrons. The molecule has 0 aliphatic carbocycles. The first-order valence-corrected chi connectivity index (χ1v) is 5.78. The molecule has 0 bridgehead atoms. The van der Waals surface area contributed by atoms with Crippen LogP contribution in [0.1, 0.15) is 5.69 Å². The van der Waals surface area contributed by atoms with Crippen LogP contribution in [-0.2, 0) is 13.5 Å². The van der Waals surface area contributed by atoms with Crippen molar-refractivity contribution >= 4 is 11.8 Å². The molecule has 0 aromatic carbocycles. The fraction of sp³-hybridized carbons (Fsp3) is 0.250. The number of nitrogens with zero attached hydrogens (tertiary/aromatic N) is 3. The van der Waals surface area contributed by atoms with Gasteiger partial charge in [0.05, 0.1) is 6.20 Å². The SMILES string of the molecule is Cn1nccc1CCNC(=O)Nc1ccc(F)cn1. The largest absolute Gasteiger partial charge is 0.337 e. The van der Waals surface area contributed by atoms with Gasteiger partial charge in [0.25, 0.3) is 0 Å². The Morgan fingerprint density at radius 3 is 2.89 bits per heavy atom. The molecule has 2 rings (SSSR count). The Balaban J connectivity index is 1.76. The molecule has 19 heavy (non-hydrogen) atoms. The summed E-state index contributed by atoms with van der Waals surface area (Å²) in [5, 5.41) is 9.23. The van der Waals surface area contributed by atoms with Gasteiger partial charge in [0.2, 0.25) is 0 Å². The molecule has 6 nitrogen and oxygen atoms in total. The molecule has 0 unspecified atom stereocenters. The minimum Gasteiger partial charge on any atom is -0.337 e. The van der Waals surface area contributed by atoms with Crippen LogP contribution in [0.15, 0.2) is 30.6 Å². The number of hydrogen-bond donors (Lipinski definition) is 2. The number of anilines is 1. The van der Waals surface area contributed by atoms with Crippen LogP contribution in [0.4, 0.5) is 15.0 Å². The summed E-state index contributed by atoms with van der Waals surface area (Å²) in [7, 11) is 1.85. The summed E-state index contributed by atoms with van der Waals surface area (Å²) in [6.07, 6.45) is 3.43. The topological polar surface area (TPSA) is 71.8 Å². The summed E-state index contributed by atoms with van der Waals surface area (Å²) in [6, 6.07) is 4.15. The van der Waals surface area contributed by atoms with Gasteiger partial charge >= 0.3 is 6.03 Å². The van der Waals surface area contributed by atoms with Crippen molar-refractivity contribution in [1.29, 1.82) is 0 Å². The third kappa shape index (κ3) is 3.77.